The van der Waals surface area contributed by atoms with Crippen LogP contribution in [-0.2, 0) is 23.0 Å². The predicted molar refractivity (Wildman–Crippen MR) is 80.3 cm³/mol. The lowest BCUT2D eigenvalue weighted by atomic mass is 10.2. The minimum absolute atomic E-state index is 0.0212. The predicted octanol–water partition coefficient (Wildman–Crippen LogP) is 1.79. The van der Waals surface area contributed by atoms with Gasteiger partial charge in [0.15, 0.2) is 0 Å². The summed E-state index contributed by atoms with van der Waals surface area (Å²) in [5, 5.41) is 12.9. The number of carboxylic acids is 1. The average Bonchev–Trinajstić information content (AvgIpc) is 3.07. The number of carboxylic acid groups (broad SMARTS) is 1. The maximum atomic E-state index is 12.1. The molecule has 2 aromatic heterocycles. The quantitative estimate of drug-likeness (QED) is 0.811. The number of nitrogens with zero attached hydrogens (tertiary/aromatic N) is 1. The van der Waals surface area contributed by atoms with Gasteiger partial charge in [0.1, 0.15) is 10.6 Å². The molecule has 21 heavy (non-hydrogen) atoms. The molecular weight excluding hydrogens is 312 g/mol. The van der Waals surface area contributed by atoms with Crippen LogP contribution in [0.4, 0.5) is 0 Å². The lowest BCUT2D eigenvalue weighted by Crippen LogP contribution is -2.25. The molecule has 6 nitrogen and oxygen atoms in total. The molecule has 2 aromatic rings. The van der Waals surface area contributed by atoms with E-state index in [0.717, 1.165) is 5.56 Å². The fourth-order valence-electron chi connectivity index (χ4n) is 1.92. The van der Waals surface area contributed by atoms with Crippen molar-refractivity contribution in [2.24, 2.45) is 0 Å². The Bertz CT molecular complexity index is 717. The van der Waals surface area contributed by atoms with Gasteiger partial charge in [-0.1, -0.05) is 0 Å². The first kappa shape index (κ1) is 15.7. The molecule has 0 bridgehead atoms. The second-order valence-corrected chi connectivity index (χ2v) is 6.98. The lowest BCUT2D eigenvalue weighted by Gasteiger charge is -2.04. The van der Waals surface area contributed by atoms with Crippen LogP contribution in [-0.4, -0.2) is 30.6 Å². The van der Waals surface area contributed by atoms with E-state index in [4.69, 9.17) is 5.11 Å². The number of sulfonamides is 1. The SMILES string of the molecule is CCn1cc(S(=O)(=O)NCCc2ccsc2)cc1C(=O)O. The van der Waals surface area contributed by atoms with Gasteiger partial charge < -0.3 is 9.67 Å². The molecule has 0 radical (unpaired) electrons. The maximum absolute atomic E-state index is 12.1. The highest BCUT2D eigenvalue weighted by atomic mass is 32.2. The molecule has 0 aromatic carbocycles. The second-order valence-electron chi connectivity index (χ2n) is 4.43. The number of rotatable bonds is 7. The summed E-state index contributed by atoms with van der Waals surface area (Å²) in [5.74, 6) is -1.14. The Balaban J connectivity index is 2.10. The monoisotopic (exact) mass is 328 g/mol. The maximum Gasteiger partial charge on any atom is 0.352 e. The van der Waals surface area contributed by atoms with Gasteiger partial charge in [0.25, 0.3) is 0 Å². The Kier molecular flexibility index (Phi) is 4.81. The number of thiophene rings is 1. The molecule has 2 heterocycles. The van der Waals surface area contributed by atoms with E-state index in [1.807, 2.05) is 16.8 Å². The van der Waals surface area contributed by atoms with Crippen molar-refractivity contribution in [2.45, 2.75) is 24.8 Å². The topological polar surface area (TPSA) is 88.4 Å². The number of aromatic carboxylic acids is 1. The second kappa shape index (κ2) is 6.42. The van der Waals surface area contributed by atoms with Crippen molar-refractivity contribution < 1.29 is 18.3 Å². The van der Waals surface area contributed by atoms with E-state index in [1.54, 1.807) is 18.3 Å². The average molecular weight is 328 g/mol. The van der Waals surface area contributed by atoms with E-state index in [9.17, 15) is 13.2 Å². The Hall–Kier alpha value is -1.64. The van der Waals surface area contributed by atoms with E-state index >= 15 is 0 Å². The molecule has 0 saturated carbocycles. The van der Waals surface area contributed by atoms with Crippen LogP contribution in [0.2, 0.25) is 0 Å². The zero-order chi connectivity index (χ0) is 15.5. The van der Waals surface area contributed by atoms with Gasteiger partial charge in [-0.15, -0.1) is 0 Å². The standard InChI is InChI=1S/C13H16N2O4S2/c1-2-15-8-11(7-12(15)13(16)17)21(18,19)14-5-3-10-4-6-20-9-10/h4,6-9,14H,2-3,5H2,1H3,(H,16,17). The van der Waals surface area contributed by atoms with Crippen molar-refractivity contribution in [1.29, 1.82) is 0 Å². The third kappa shape index (κ3) is 3.72. The number of aromatic nitrogens is 1. The Morgan fingerprint density at radius 1 is 1.48 bits per heavy atom. The smallest absolute Gasteiger partial charge is 0.352 e. The van der Waals surface area contributed by atoms with Crippen LogP contribution in [0.5, 0.6) is 0 Å². The third-order valence-electron chi connectivity index (χ3n) is 3.03. The summed E-state index contributed by atoms with van der Waals surface area (Å²) in [6.45, 7) is 2.43. The van der Waals surface area contributed by atoms with Crippen LogP contribution in [0.15, 0.2) is 34.0 Å². The molecule has 0 aliphatic heterocycles. The van der Waals surface area contributed by atoms with E-state index < -0.39 is 16.0 Å². The highest BCUT2D eigenvalue weighted by molar-refractivity contribution is 7.89. The molecule has 2 N–H and O–H groups in total. The fourth-order valence-corrected chi connectivity index (χ4v) is 3.69. The molecule has 0 saturated heterocycles. The summed E-state index contributed by atoms with van der Waals surface area (Å²) >= 11 is 1.56. The molecule has 114 valence electrons. The Morgan fingerprint density at radius 3 is 2.76 bits per heavy atom. The molecule has 0 amide bonds. The number of carbonyl (C=O) groups is 1. The van der Waals surface area contributed by atoms with Gasteiger partial charge in [0.2, 0.25) is 10.0 Å². The van der Waals surface area contributed by atoms with Gasteiger partial charge in [-0.25, -0.2) is 17.9 Å². The van der Waals surface area contributed by atoms with E-state index in [-0.39, 0.29) is 17.1 Å². The summed E-state index contributed by atoms with van der Waals surface area (Å²) in [5.41, 5.74) is 1.04. The summed E-state index contributed by atoms with van der Waals surface area (Å²) in [4.78, 5) is 11.0. The first-order valence-corrected chi connectivity index (χ1v) is 8.81. The summed E-state index contributed by atoms with van der Waals surface area (Å²) < 4.78 is 28.2. The molecule has 2 rings (SSSR count). The van der Waals surface area contributed by atoms with Crippen molar-refractivity contribution in [2.75, 3.05) is 6.54 Å². The molecule has 0 unspecified atom stereocenters. The molecule has 0 aliphatic rings. The van der Waals surface area contributed by atoms with Crippen LogP contribution in [0, 0.1) is 0 Å². The van der Waals surface area contributed by atoms with Crippen LogP contribution >= 0.6 is 11.3 Å². The number of aryl methyl sites for hydroxylation is 1. The highest BCUT2D eigenvalue weighted by Crippen LogP contribution is 2.15. The van der Waals surface area contributed by atoms with Crippen LogP contribution in [0.3, 0.4) is 0 Å². The number of nitrogens with one attached hydrogen (secondary N) is 1. The fraction of sp³-hybridized carbons (Fsp3) is 0.308. The van der Waals surface area contributed by atoms with Crippen LogP contribution in [0.1, 0.15) is 23.0 Å². The van der Waals surface area contributed by atoms with Gasteiger partial charge in [-0.3, -0.25) is 0 Å². The Morgan fingerprint density at radius 2 is 2.24 bits per heavy atom. The summed E-state index contributed by atoms with van der Waals surface area (Å²) in [7, 11) is -3.69. The zero-order valence-electron chi connectivity index (χ0n) is 11.4. The molecule has 0 atom stereocenters. The molecule has 0 spiro atoms. The lowest BCUT2D eigenvalue weighted by molar-refractivity contribution is 0.0685. The largest absolute Gasteiger partial charge is 0.477 e. The van der Waals surface area contributed by atoms with Gasteiger partial charge in [-0.05, 0) is 41.8 Å². The molecule has 0 aliphatic carbocycles. The van der Waals surface area contributed by atoms with Gasteiger partial charge in [0.05, 0.1) is 0 Å². The number of hydrogen-bond donors (Lipinski definition) is 2. The van der Waals surface area contributed by atoms with Gasteiger partial charge in [0, 0.05) is 19.3 Å². The first-order valence-electron chi connectivity index (χ1n) is 6.38. The van der Waals surface area contributed by atoms with Crippen LogP contribution in [0.25, 0.3) is 0 Å². The molecule has 0 fully saturated rings. The third-order valence-corrected chi connectivity index (χ3v) is 5.19. The van der Waals surface area contributed by atoms with Crippen molar-refractivity contribution in [3.05, 3.63) is 40.3 Å². The van der Waals surface area contributed by atoms with E-state index in [1.165, 1.54) is 16.8 Å². The summed E-state index contributed by atoms with van der Waals surface area (Å²) in [6.07, 6.45) is 1.94. The van der Waals surface area contributed by atoms with Crippen molar-refractivity contribution >= 4 is 27.3 Å². The van der Waals surface area contributed by atoms with Crippen molar-refractivity contribution in [1.82, 2.24) is 9.29 Å². The van der Waals surface area contributed by atoms with Gasteiger partial charge in [-0.2, -0.15) is 11.3 Å². The van der Waals surface area contributed by atoms with Gasteiger partial charge >= 0.3 is 5.97 Å². The van der Waals surface area contributed by atoms with Crippen molar-refractivity contribution in [3.8, 4) is 0 Å². The first-order chi connectivity index (χ1) is 9.94. The van der Waals surface area contributed by atoms with E-state index in [2.05, 4.69) is 4.72 Å². The van der Waals surface area contributed by atoms with Crippen LogP contribution < -0.4 is 4.72 Å². The van der Waals surface area contributed by atoms with E-state index in [0.29, 0.717) is 13.0 Å². The minimum Gasteiger partial charge on any atom is -0.477 e. The Labute approximate surface area is 127 Å². The highest BCUT2D eigenvalue weighted by Gasteiger charge is 2.20. The normalized spacial score (nSPS) is 11.7. The number of hydrogen-bond acceptors (Lipinski definition) is 4. The summed E-state index contributed by atoms with van der Waals surface area (Å²) in [6, 6.07) is 3.12. The minimum atomic E-state index is -3.69. The molecule has 8 heteroatoms. The zero-order valence-corrected chi connectivity index (χ0v) is 13.1. The van der Waals surface area contributed by atoms with Crippen molar-refractivity contribution in [3.63, 3.8) is 0 Å². The molecular formula is C13H16N2O4S2.